The molecule has 1 heterocycles. The van der Waals surface area contributed by atoms with E-state index in [2.05, 4.69) is 0 Å². The standard InChI is InChI=1S/C15H19N2O6P/c1-4-11(3)23-24(21,22)9-16-8-10(2)15(18)14-12(16)6-5-7-13(14)17(19)20/h5-8,11H,4,9H2,1-3H3,(H,21,22). The Balaban J connectivity index is 2.62. The van der Waals surface area contributed by atoms with Gasteiger partial charge in [-0.2, -0.15) is 0 Å². The first-order chi connectivity index (χ1) is 11.2. The molecule has 2 rings (SSSR count). The van der Waals surface area contributed by atoms with Crippen LogP contribution in [0.5, 0.6) is 0 Å². The Hall–Kier alpha value is -2.02. The highest BCUT2D eigenvalue weighted by molar-refractivity contribution is 7.51. The second-order valence-corrected chi connectivity index (χ2v) is 7.41. The lowest BCUT2D eigenvalue weighted by atomic mass is 10.1. The van der Waals surface area contributed by atoms with E-state index >= 15 is 0 Å². The predicted molar refractivity (Wildman–Crippen MR) is 90.3 cm³/mol. The summed E-state index contributed by atoms with van der Waals surface area (Å²) in [5.41, 5.74) is -0.322. The van der Waals surface area contributed by atoms with E-state index in [4.69, 9.17) is 4.52 Å². The van der Waals surface area contributed by atoms with Crippen molar-refractivity contribution < 1.29 is 18.9 Å². The quantitative estimate of drug-likeness (QED) is 0.484. The molecule has 1 aromatic heterocycles. The van der Waals surface area contributed by atoms with Crippen molar-refractivity contribution in [2.24, 2.45) is 0 Å². The van der Waals surface area contributed by atoms with Gasteiger partial charge in [0.2, 0.25) is 0 Å². The number of pyridine rings is 1. The third kappa shape index (κ3) is 3.72. The van der Waals surface area contributed by atoms with Crippen LogP contribution in [-0.4, -0.2) is 20.5 Å². The molecular weight excluding hydrogens is 335 g/mol. The molecule has 1 aromatic carbocycles. The highest BCUT2D eigenvalue weighted by Crippen LogP contribution is 2.46. The molecule has 0 aliphatic heterocycles. The van der Waals surface area contributed by atoms with Crippen LogP contribution >= 0.6 is 7.60 Å². The number of nitro benzene ring substituents is 1. The molecule has 2 atom stereocenters. The van der Waals surface area contributed by atoms with Crippen LogP contribution in [-0.2, 0) is 15.4 Å². The van der Waals surface area contributed by atoms with Crippen LogP contribution in [0.25, 0.3) is 10.9 Å². The van der Waals surface area contributed by atoms with Gasteiger partial charge in [0.1, 0.15) is 11.7 Å². The van der Waals surface area contributed by atoms with E-state index in [1.807, 2.05) is 6.92 Å². The van der Waals surface area contributed by atoms with Crippen LogP contribution in [0.1, 0.15) is 25.8 Å². The van der Waals surface area contributed by atoms with Gasteiger partial charge in [0.15, 0.2) is 5.43 Å². The lowest BCUT2D eigenvalue weighted by molar-refractivity contribution is -0.383. The van der Waals surface area contributed by atoms with E-state index in [0.29, 0.717) is 6.42 Å². The first-order valence-corrected chi connectivity index (χ1v) is 9.20. The molecule has 0 fully saturated rings. The van der Waals surface area contributed by atoms with Crippen LogP contribution in [0.15, 0.2) is 29.2 Å². The third-order valence-electron chi connectivity index (χ3n) is 3.71. The fourth-order valence-electron chi connectivity index (χ4n) is 2.41. The number of nitro groups is 1. The predicted octanol–water partition coefficient (Wildman–Crippen LogP) is 3.18. The lowest BCUT2D eigenvalue weighted by Crippen LogP contribution is -2.15. The summed E-state index contributed by atoms with van der Waals surface area (Å²) in [6, 6.07) is 4.18. The summed E-state index contributed by atoms with van der Waals surface area (Å²) in [6.45, 7) is 5.02. The molecule has 130 valence electrons. The Bertz CT molecular complexity index is 891. The Morgan fingerprint density at radius 1 is 1.46 bits per heavy atom. The Kier molecular flexibility index (Phi) is 5.22. The van der Waals surface area contributed by atoms with Crippen molar-refractivity contribution in [2.75, 3.05) is 0 Å². The fraction of sp³-hybridized carbons (Fsp3) is 0.400. The minimum Gasteiger partial charge on any atom is -0.335 e. The average Bonchev–Trinajstić information content (AvgIpc) is 2.50. The summed E-state index contributed by atoms with van der Waals surface area (Å²) in [4.78, 5) is 32.9. The first kappa shape index (κ1) is 18.3. The van der Waals surface area contributed by atoms with Gasteiger partial charge in [0, 0.05) is 17.8 Å². The van der Waals surface area contributed by atoms with E-state index in [1.165, 1.54) is 35.9 Å². The average molecular weight is 354 g/mol. The number of hydrogen-bond donors (Lipinski definition) is 1. The number of nitrogens with zero attached hydrogens (tertiary/aromatic N) is 2. The summed E-state index contributed by atoms with van der Waals surface area (Å²) in [5.74, 6) is 0. The van der Waals surface area contributed by atoms with Gasteiger partial charge in [-0.05, 0) is 26.3 Å². The second kappa shape index (κ2) is 6.84. The highest BCUT2D eigenvalue weighted by Gasteiger charge is 2.25. The number of benzene rings is 1. The van der Waals surface area contributed by atoms with Gasteiger partial charge < -0.3 is 14.0 Å². The van der Waals surface area contributed by atoms with E-state index in [1.54, 1.807) is 6.92 Å². The molecule has 9 heteroatoms. The summed E-state index contributed by atoms with van der Waals surface area (Å²) >= 11 is 0. The zero-order valence-corrected chi connectivity index (χ0v) is 14.5. The number of non-ortho nitro benzene ring substituents is 1. The monoisotopic (exact) mass is 354 g/mol. The van der Waals surface area contributed by atoms with Crippen LogP contribution < -0.4 is 5.43 Å². The van der Waals surface area contributed by atoms with Crippen LogP contribution in [0, 0.1) is 17.0 Å². The molecular formula is C15H19N2O6P. The molecule has 0 radical (unpaired) electrons. The molecule has 2 unspecified atom stereocenters. The van der Waals surface area contributed by atoms with Crippen molar-refractivity contribution in [1.29, 1.82) is 0 Å². The summed E-state index contributed by atoms with van der Waals surface area (Å²) < 4.78 is 18.8. The van der Waals surface area contributed by atoms with Gasteiger partial charge in [-0.3, -0.25) is 19.5 Å². The lowest BCUT2D eigenvalue weighted by Gasteiger charge is -2.19. The van der Waals surface area contributed by atoms with E-state index in [-0.39, 0.29) is 22.2 Å². The smallest absolute Gasteiger partial charge is 0.335 e. The molecule has 8 nitrogen and oxygen atoms in total. The van der Waals surface area contributed by atoms with Crippen molar-refractivity contribution >= 4 is 24.2 Å². The number of aryl methyl sites for hydroxylation is 1. The van der Waals surface area contributed by atoms with E-state index < -0.39 is 30.3 Å². The van der Waals surface area contributed by atoms with Crippen molar-refractivity contribution in [3.8, 4) is 0 Å². The van der Waals surface area contributed by atoms with E-state index in [9.17, 15) is 24.4 Å². The normalized spacial score (nSPS) is 15.2. The summed E-state index contributed by atoms with van der Waals surface area (Å²) in [7, 11) is -3.97. The maximum atomic E-state index is 12.3. The fourth-order valence-corrected chi connectivity index (χ4v) is 3.81. The minimum atomic E-state index is -3.97. The molecule has 0 amide bonds. The van der Waals surface area contributed by atoms with Crippen molar-refractivity contribution in [3.63, 3.8) is 0 Å². The minimum absolute atomic E-state index is 0.0777. The SMILES string of the molecule is CCC(C)OP(=O)(O)Cn1cc(C)c(=O)c2c([N+](=O)[O-])cccc21. The van der Waals surface area contributed by atoms with Gasteiger partial charge in [-0.25, -0.2) is 0 Å². The molecule has 2 aromatic rings. The number of rotatable bonds is 6. The van der Waals surface area contributed by atoms with Gasteiger partial charge in [-0.15, -0.1) is 0 Å². The molecule has 1 N–H and O–H groups in total. The maximum Gasteiger partial charge on any atom is 0.347 e. The summed E-state index contributed by atoms with van der Waals surface area (Å²) in [6.07, 6.45) is 1.19. The largest absolute Gasteiger partial charge is 0.347 e. The van der Waals surface area contributed by atoms with Crippen LogP contribution in [0.3, 0.4) is 0 Å². The Labute approximate surface area is 138 Å². The van der Waals surface area contributed by atoms with Crippen LogP contribution in [0.4, 0.5) is 5.69 Å². The zero-order chi connectivity index (χ0) is 18.1. The van der Waals surface area contributed by atoms with Gasteiger partial charge in [-0.1, -0.05) is 13.0 Å². The summed E-state index contributed by atoms with van der Waals surface area (Å²) in [5, 5.41) is 11.1. The molecule has 0 saturated heterocycles. The van der Waals surface area contributed by atoms with Crippen LogP contribution in [0.2, 0.25) is 0 Å². The van der Waals surface area contributed by atoms with Crippen molar-refractivity contribution in [3.05, 3.63) is 50.3 Å². The molecule has 0 bridgehead atoms. The Morgan fingerprint density at radius 3 is 2.71 bits per heavy atom. The number of hydrogen-bond acceptors (Lipinski definition) is 5. The van der Waals surface area contributed by atoms with E-state index in [0.717, 1.165) is 0 Å². The van der Waals surface area contributed by atoms with Gasteiger partial charge >= 0.3 is 7.60 Å². The molecule has 0 spiro atoms. The maximum absolute atomic E-state index is 12.3. The van der Waals surface area contributed by atoms with Crippen molar-refractivity contribution in [1.82, 2.24) is 4.57 Å². The van der Waals surface area contributed by atoms with Gasteiger partial charge in [0.05, 0.1) is 16.5 Å². The number of aromatic nitrogens is 1. The molecule has 24 heavy (non-hydrogen) atoms. The first-order valence-electron chi connectivity index (χ1n) is 7.43. The topological polar surface area (TPSA) is 112 Å². The molecule has 0 saturated carbocycles. The number of fused-ring (bicyclic) bond motifs is 1. The third-order valence-corrected chi connectivity index (χ3v) is 5.06. The van der Waals surface area contributed by atoms with Crippen molar-refractivity contribution in [2.45, 2.75) is 39.6 Å². The zero-order valence-electron chi connectivity index (χ0n) is 13.6. The molecule has 0 aliphatic rings. The Morgan fingerprint density at radius 2 is 2.12 bits per heavy atom. The highest BCUT2D eigenvalue weighted by atomic mass is 31.2. The van der Waals surface area contributed by atoms with Gasteiger partial charge in [0.25, 0.3) is 5.69 Å². The molecule has 0 aliphatic carbocycles. The second-order valence-electron chi connectivity index (χ2n) is 5.64.